The summed E-state index contributed by atoms with van der Waals surface area (Å²) in [5.41, 5.74) is -4.60. The first-order valence-corrected chi connectivity index (χ1v) is 9.92. The zero-order chi connectivity index (χ0) is 24.9. The standard InChI is InChI=1S/C24H26F3NO5/c1-22(2,3)33-21(30)28-23(24(25,26)27,17-11-7-6-8-12-17)19(29)15-14-16-10-9-13-18(31-4)20(16)32-5/h6-15H,1-5H3,(H,28,30)/b15-14+/t23-/m1/s1. The van der Waals surface area contributed by atoms with E-state index in [1.165, 1.54) is 59.3 Å². The second-order valence-corrected chi connectivity index (χ2v) is 8.02. The maximum absolute atomic E-state index is 14.5. The molecule has 2 aromatic rings. The zero-order valence-corrected chi connectivity index (χ0v) is 18.9. The van der Waals surface area contributed by atoms with Gasteiger partial charge in [-0.15, -0.1) is 0 Å². The molecule has 2 aromatic carbocycles. The summed E-state index contributed by atoms with van der Waals surface area (Å²) in [6, 6.07) is 11.2. The molecular weight excluding hydrogens is 439 g/mol. The van der Waals surface area contributed by atoms with Crippen molar-refractivity contribution in [1.82, 2.24) is 5.32 Å². The number of ketones is 1. The lowest BCUT2D eigenvalue weighted by Gasteiger charge is -2.35. The summed E-state index contributed by atoms with van der Waals surface area (Å²) in [7, 11) is 2.77. The van der Waals surface area contributed by atoms with Crippen molar-refractivity contribution in [2.24, 2.45) is 0 Å². The van der Waals surface area contributed by atoms with Gasteiger partial charge in [0, 0.05) is 5.56 Å². The van der Waals surface area contributed by atoms with E-state index >= 15 is 0 Å². The third-order valence-corrected chi connectivity index (χ3v) is 4.54. The van der Waals surface area contributed by atoms with Crippen molar-refractivity contribution in [3.63, 3.8) is 0 Å². The van der Waals surface area contributed by atoms with Gasteiger partial charge in [0.15, 0.2) is 17.3 Å². The maximum Gasteiger partial charge on any atom is 0.423 e. The SMILES string of the molecule is COc1cccc(/C=C/C(=O)[C@](NC(=O)OC(C)(C)C)(c2ccccc2)C(F)(F)F)c1OC. The molecule has 0 aliphatic heterocycles. The smallest absolute Gasteiger partial charge is 0.423 e. The number of para-hydroxylation sites is 1. The molecule has 0 saturated carbocycles. The maximum atomic E-state index is 14.5. The van der Waals surface area contributed by atoms with E-state index in [1.54, 1.807) is 23.5 Å². The van der Waals surface area contributed by atoms with E-state index in [2.05, 4.69) is 0 Å². The van der Waals surface area contributed by atoms with Crippen molar-refractivity contribution in [3.8, 4) is 11.5 Å². The van der Waals surface area contributed by atoms with Gasteiger partial charge in [-0.05, 0) is 44.6 Å². The summed E-state index contributed by atoms with van der Waals surface area (Å²) >= 11 is 0. The van der Waals surface area contributed by atoms with Gasteiger partial charge in [-0.25, -0.2) is 4.79 Å². The van der Waals surface area contributed by atoms with Crippen LogP contribution in [0.2, 0.25) is 0 Å². The topological polar surface area (TPSA) is 73.9 Å². The number of amides is 1. The third kappa shape index (κ3) is 5.85. The summed E-state index contributed by atoms with van der Waals surface area (Å²) in [5, 5.41) is 1.79. The van der Waals surface area contributed by atoms with Gasteiger partial charge < -0.3 is 14.2 Å². The molecule has 0 spiro atoms. The van der Waals surface area contributed by atoms with Crippen molar-refractivity contribution in [1.29, 1.82) is 0 Å². The summed E-state index contributed by atoms with van der Waals surface area (Å²) in [6.45, 7) is 4.50. The number of alkyl halides is 3. The summed E-state index contributed by atoms with van der Waals surface area (Å²) in [5.74, 6) is -0.845. The quantitative estimate of drug-likeness (QED) is 0.564. The fraction of sp³-hybridized carbons (Fsp3) is 0.333. The van der Waals surface area contributed by atoms with Crippen molar-refractivity contribution >= 4 is 18.0 Å². The molecule has 0 aliphatic rings. The number of carbonyl (C=O) groups is 2. The molecular formula is C24H26F3NO5. The molecule has 0 unspecified atom stereocenters. The van der Waals surface area contributed by atoms with Crippen LogP contribution in [-0.2, 0) is 15.1 Å². The number of rotatable bonds is 7. The largest absolute Gasteiger partial charge is 0.493 e. The number of halogens is 3. The number of carbonyl (C=O) groups excluding carboxylic acids is 2. The van der Waals surface area contributed by atoms with Crippen LogP contribution in [0.5, 0.6) is 11.5 Å². The molecule has 1 N–H and O–H groups in total. The number of alkyl carbamates (subject to hydrolysis) is 1. The monoisotopic (exact) mass is 465 g/mol. The molecule has 0 heterocycles. The van der Waals surface area contributed by atoms with Gasteiger partial charge in [0.2, 0.25) is 5.54 Å². The molecule has 33 heavy (non-hydrogen) atoms. The number of hydrogen-bond donors (Lipinski definition) is 1. The van der Waals surface area contributed by atoms with Crippen LogP contribution in [0.15, 0.2) is 54.6 Å². The Morgan fingerprint density at radius 2 is 1.55 bits per heavy atom. The molecule has 0 aromatic heterocycles. The van der Waals surface area contributed by atoms with Gasteiger partial charge in [-0.1, -0.05) is 42.5 Å². The predicted octanol–water partition coefficient (Wildman–Crippen LogP) is 5.27. The Balaban J connectivity index is 2.61. The molecule has 0 radical (unpaired) electrons. The minimum absolute atomic E-state index is 0.237. The van der Waals surface area contributed by atoms with E-state index in [4.69, 9.17) is 14.2 Å². The molecule has 0 aliphatic carbocycles. The van der Waals surface area contributed by atoms with Gasteiger partial charge in [-0.3, -0.25) is 10.1 Å². The number of hydrogen-bond acceptors (Lipinski definition) is 5. The van der Waals surface area contributed by atoms with Crippen molar-refractivity contribution < 1.29 is 37.0 Å². The van der Waals surface area contributed by atoms with Crippen LogP contribution in [0.25, 0.3) is 6.08 Å². The van der Waals surface area contributed by atoms with Crippen LogP contribution < -0.4 is 14.8 Å². The molecule has 1 atom stereocenters. The Bertz CT molecular complexity index is 1010. The number of nitrogens with one attached hydrogen (secondary N) is 1. The predicted molar refractivity (Wildman–Crippen MR) is 117 cm³/mol. The minimum atomic E-state index is -5.19. The lowest BCUT2D eigenvalue weighted by atomic mass is 9.84. The Hall–Kier alpha value is -3.49. The van der Waals surface area contributed by atoms with Crippen LogP contribution in [-0.4, -0.2) is 37.9 Å². The second-order valence-electron chi connectivity index (χ2n) is 8.02. The lowest BCUT2D eigenvalue weighted by Crippen LogP contribution is -2.61. The molecule has 0 bridgehead atoms. The second kappa shape index (κ2) is 9.97. The van der Waals surface area contributed by atoms with E-state index in [0.29, 0.717) is 11.3 Å². The van der Waals surface area contributed by atoms with Gasteiger partial charge in [0.25, 0.3) is 0 Å². The average molecular weight is 465 g/mol. The third-order valence-electron chi connectivity index (χ3n) is 4.54. The van der Waals surface area contributed by atoms with E-state index in [9.17, 15) is 22.8 Å². The summed E-state index contributed by atoms with van der Waals surface area (Å²) < 4.78 is 59.0. The van der Waals surface area contributed by atoms with E-state index in [-0.39, 0.29) is 5.75 Å². The Morgan fingerprint density at radius 3 is 2.06 bits per heavy atom. The fourth-order valence-electron chi connectivity index (χ4n) is 3.13. The molecule has 1 amide bonds. The molecule has 0 fully saturated rings. The Morgan fingerprint density at radius 1 is 0.909 bits per heavy atom. The minimum Gasteiger partial charge on any atom is -0.493 e. The number of methoxy groups -OCH3 is 2. The normalized spacial score (nSPS) is 13.8. The van der Waals surface area contributed by atoms with Gasteiger partial charge >= 0.3 is 12.3 Å². The first-order valence-electron chi connectivity index (χ1n) is 9.92. The van der Waals surface area contributed by atoms with Crippen LogP contribution in [0.3, 0.4) is 0 Å². The molecule has 6 nitrogen and oxygen atoms in total. The number of ether oxygens (including phenoxy) is 3. The van der Waals surface area contributed by atoms with Crippen molar-refractivity contribution in [2.45, 2.75) is 38.1 Å². The molecule has 2 rings (SSSR count). The average Bonchev–Trinajstić information content (AvgIpc) is 2.73. The summed E-state index contributed by atoms with van der Waals surface area (Å²) in [4.78, 5) is 25.6. The van der Waals surface area contributed by atoms with Crippen LogP contribution in [0.4, 0.5) is 18.0 Å². The van der Waals surface area contributed by atoms with Gasteiger partial charge in [0.05, 0.1) is 14.2 Å². The number of benzene rings is 2. The van der Waals surface area contributed by atoms with Gasteiger partial charge in [-0.2, -0.15) is 13.2 Å². The fourth-order valence-corrected chi connectivity index (χ4v) is 3.13. The van der Waals surface area contributed by atoms with E-state index in [1.807, 2.05) is 0 Å². The highest BCUT2D eigenvalue weighted by Crippen LogP contribution is 2.41. The van der Waals surface area contributed by atoms with Crippen LogP contribution in [0.1, 0.15) is 31.9 Å². The Labute approximate surface area is 190 Å². The molecule has 178 valence electrons. The highest BCUT2D eigenvalue weighted by molar-refractivity contribution is 6.04. The van der Waals surface area contributed by atoms with E-state index < -0.39 is 34.8 Å². The highest BCUT2D eigenvalue weighted by atomic mass is 19.4. The van der Waals surface area contributed by atoms with Crippen LogP contribution >= 0.6 is 0 Å². The molecule has 0 saturated heterocycles. The van der Waals surface area contributed by atoms with E-state index in [0.717, 1.165) is 18.2 Å². The van der Waals surface area contributed by atoms with Crippen molar-refractivity contribution in [3.05, 3.63) is 65.7 Å². The summed E-state index contributed by atoms with van der Waals surface area (Å²) in [6.07, 6.45) is -4.66. The molecule has 9 heteroatoms. The lowest BCUT2D eigenvalue weighted by molar-refractivity contribution is -0.198. The first kappa shape index (κ1) is 25.8. The van der Waals surface area contributed by atoms with Crippen LogP contribution in [0, 0.1) is 0 Å². The highest BCUT2D eigenvalue weighted by Gasteiger charge is 2.62. The zero-order valence-electron chi connectivity index (χ0n) is 18.9. The van der Waals surface area contributed by atoms with Gasteiger partial charge in [0.1, 0.15) is 5.60 Å². The first-order chi connectivity index (χ1) is 15.4. The van der Waals surface area contributed by atoms with Crippen molar-refractivity contribution in [2.75, 3.05) is 14.2 Å². The Kier molecular flexibility index (Phi) is 7.79.